The summed E-state index contributed by atoms with van der Waals surface area (Å²) in [4.78, 5) is 2.34. The number of hydrogen-bond donors (Lipinski definition) is 1. The van der Waals surface area contributed by atoms with Gasteiger partial charge in [-0.3, -0.25) is 4.90 Å². The Labute approximate surface area is 93.3 Å². The lowest BCUT2D eigenvalue weighted by Gasteiger charge is -2.40. The second kappa shape index (κ2) is 3.79. The first-order valence-electron chi connectivity index (χ1n) is 5.68. The molecule has 0 aromatic heterocycles. The molecule has 0 radical (unpaired) electrons. The van der Waals surface area contributed by atoms with Crippen molar-refractivity contribution in [3.63, 3.8) is 0 Å². The van der Waals surface area contributed by atoms with E-state index >= 15 is 0 Å². The second-order valence-corrected chi connectivity index (χ2v) is 4.47. The summed E-state index contributed by atoms with van der Waals surface area (Å²) in [7, 11) is 0. The molecule has 16 heavy (non-hydrogen) atoms. The Morgan fingerprint density at radius 3 is 2.88 bits per heavy atom. The van der Waals surface area contributed by atoms with Gasteiger partial charge in [0.05, 0.1) is 0 Å². The van der Waals surface area contributed by atoms with Crippen LogP contribution in [-0.2, 0) is 6.42 Å². The lowest BCUT2D eigenvalue weighted by atomic mass is 9.91. The molecule has 1 aromatic carbocycles. The highest BCUT2D eigenvalue weighted by molar-refractivity contribution is 5.34. The fraction of sp³-hybridized carbons (Fsp3) is 0.500. The van der Waals surface area contributed by atoms with Crippen LogP contribution in [0.4, 0.5) is 8.78 Å². The van der Waals surface area contributed by atoms with E-state index < -0.39 is 11.6 Å². The monoisotopic (exact) mass is 224 g/mol. The molecular weight excluding hydrogens is 210 g/mol. The van der Waals surface area contributed by atoms with E-state index in [1.54, 1.807) is 0 Å². The number of fused-ring (bicyclic) bond motifs is 3. The predicted molar refractivity (Wildman–Crippen MR) is 57.2 cm³/mol. The molecule has 0 aliphatic carbocycles. The summed E-state index contributed by atoms with van der Waals surface area (Å²) in [5.41, 5.74) is 1.92. The Hall–Kier alpha value is -1.00. The van der Waals surface area contributed by atoms with E-state index in [4.69, 9.17) is 0 Å². The van der Waals surface area contributed by atoms with Crippen LogP contribution in [-0.4, -0.2) is 31.1 Å². The van der Waals surface area contributed by atoms with Gasteiger partial charge in [0.2, 0.25) is 0 Å². The third kappa shape index (κ3) is 1.53. The van der Waals surface area contributed by atoms with Crippen molar-refractivity contribution in [3.8, 4) is 0 Å². The van der Waals surface area contributed by atoms with Crippen molar-refractivity contribution in [2.45, 2.75) is 12.5 Å². The first-order valence-corrected chi connectivity index (χ1v) is 5.68. The van der Waals surface area contributed by atoms with Crippen molar-refractivity contribution < 1.29 is 8.78 Å². The van der Waals surface area contributed by atoms with Gasteiger partial charge in [-0.15, -0.1) is 0 Å². The maximum absolute atomic E-state index is 13.3. The highest BCUT2D eigenvalue weighted by Gasteiger charge is 2.30. The number of piperazine rings is 1. The summed E-state index contributed by atoms with van der Waals surface area (Å²) < 4.78 is 26.4. The molecule has 3 rings (SSSR count). The molecular formula is C12H14F2N2. The molecule has 0 amide bonds. The van der Waals surface area contributed by atoms with Crippen LogP contribution in [0.2, 0.25) is 0 Å². The average Bonchev–Trinajstić information content (AvgIpc) is 2.31. The van der Waals surface area contributed by atoms with E-state index in [0.29, 0.717) is 0 Å². The van der Waals surface area contributed by atoms with Gasteiger partial charge in [-0.1, -0.05) is 0 Å². The quantitative estimate of drug-likeness (QED) is 0.718. The molecule has 0 spiro atoms. The molecule has 2 nitrogen and oxygen atoms in total. The Morgan fingerprint density at radius 1 is 1.19 bits per heavy atom. The molecule has 0 bridgehead atoms. The Balaban J connectivity index is 2.04. The van der Waals surface area contributed by atoms with Gasteiger partial charge in [0.1, 0.15) is 0 Å². The van der Waals surface area contributed by atoms with Crippen LogP contribution in [0.25, 0.3) is 0 Å². The minimum Gasteiger partial charge on any atom is -0.314 e. The van der Waals surface area contributed by atoms with Gasteiger partial charge in [0.15, 0.2) is 11.6 Å². The number of rotatable bonds is 0. The topological polar surface area (TPSA) is 15.3 Å². The van der Waals surface area contributed by atoms with E-state index in [2.05, 4.69) is 10.2 Å². The predicted octanol–water partition coefficient (Wildman–Crippen LogP) is 1.47. The van der Waals surface area contributed by atoms with Gasteiger partial charge >= 0.3 is 0 Å². The minimum atomic E-state index is -0.730. The number of benzene rings is 1. The molecule has 2 aliphatic rings. The number of nitrogens with one attached hydrogen (secondary N) is 1. The lowest BCUT2D eigenvalue weighted by molar-refractivity contribution is 0.151. The molecule has 1 saturated heterocycles. The van der Waals surface area contributed by atoms with Crippen LogP contribution in [0.3, 0.4) is 0 Å². The second-order valence-electron chi connectivity index (χ2n) is 4.47. The lowest BCUT2D eigenvalue weighted by Crippen LogP contribution is -2.48. The van der Waals surface area contributed by atoms with E-state index in [9.17, 15) is 8.78 Å². The number of hydrogen-bond acceptors (Lipinski definition) is 2. The Bertz CT molecular complexity index is 420. The third-order valence-corrected chi connectivity index (χ3v) is 3.56. The molecule has 1 atom stereocenters. The molecule has 1 N–H and O–H groups in total. The summed E-state index contributed by atoms with van der Waals surface area (Å²) in [5, 5.41) is 3.30. The van der Waals surface area contributed by atoms with Gasteiger partial charge in [-0.05, 0) is 29.7 Å². The van der Waals surface area contributed by atoms with Crippen molar-refractivity contribution in [2.24, 2.45) is 0 Å². The van der Waals surface area contributed by atoms with Crippen LogP contribution in [0.5, 0.6) is 0 Å². The van der Waals surface area contributed by atoms with E-state index in [1.807, 2.05) is 0 Å². The summed E-state index contributed by atoms with van der Waals surface area (Å²) in [5.74, 6) is -1.46. The highest BCUT2D eigenvalue weighted by Crippen LogP contribution is 2.31. The SMILES string of the molecule is Fc1cc2c(cc1F)[C@@H]1CNCCN1CC2. The van der Waals surface area contributed by atoms with Crippen LogP contribution in [0.1, 0.15) is 17.2 Å². The average molecular weight is 224 g/mol. The molecule has 1 fully saturated rings. The first kappa shape index (κ1) is 10.2. The van der Waals surface area contributed by atoms with Gasteiger partial charge in [0.25, 0.3) is 0 Å². The summed E-state index contributed by atoms with van der Waals surface area (Å²) in [6, 6.07) is 2.94. The maximum atomic E-state index is 13.3. The number of nitrogens with zero attached hydrogens (tertiary/aromatic N) is 1. The fourth-order valence-corrected chi connectivity index (χ4v) is 2.71. The van der Waals surface area contributed by atoms with Crippen molar-refractivity contribution in [1.82, 2.24) is 10.2 Å². The molecule has 2 heterocycles. The molecule has 4 heteroatoms. The normalized spacial score (nSPS) is 25.0. The summed E-state index contributed by atoms with van der Waals surface area (Å²) in [6.45, 7) is 3.75. The Morgan fingerprint density at radius 2 is 2.00 bits per heavy atom. The molecule has 0 saturated carbocycles. The zero-order valence-corrected chi connectivity index (χ0v) is 8.97. The van der Waals surface area contributed by atoms with Crippen LogP contribution in [0.15, 0.2) is 12.1 Å². The third-order valence-electron chi connectivity index (χ3n) is 3.56. The molecule has 86 valence electrons. The van der Waals surface area contributed by atoms with Gasteiger partial charge in [-0.25, -0.2) is 8.78 Å². The van der Waals surface area contributed by atoms with Crippen molar-refractivity contribution in [3.05, 3.63) is 34.9 Å². The smallest absolute Gasteiger partial charge is 0.159 e. The van der Waals surface area contributed by atoms with Crippen molar-refractivity contribution in [1.29, 1.82) is 0 Å². The maximum Gasteiger partial charge on any atom is 0.159 e. The molecule has 0 unspecified atom stereocenters. The Kier molecular flexibility index (Phi) is 2.41. The molecule has 2 aliphatic heterocycles. The van der Waals surface area contributed by atoms with E-state index in [-0.39, 0.29) is 6.04 Å². The standard InChI is InChI=1S/C12H14F2N2/c13-10-5-8-1-3-16-4-2-15-7-12(16)9(8)6-11(10)14/h5-6,12,15H,1-4,7H2/t12-/m0/s1. The fourth-order valence-electron chi connectivity index (χ4n) is 2.71. The highest BCUT2D eigenvalue weighted by atomic mass is 19.2. The largest absolute Gasteiger partial charge is 0.314 e. The van der Waals surface area contributed by atoms with Crippen LogP contribution < -0.4 is 5.32 Å². The van der Waals surface area contributed by atoms with Gasteiger partial charge in [0, 0.05) is 32.2 Å². The van der Waals surface area contributed by atoms with Gasteiger partial charge in [-0.2, -0.15) is 0 Å². The van der Waals surface area contributed by atoms with E-state index in [1.165, 1.54) is 12.1 Å². The molecule has 1 aromatic rings. The number of halogens is 2. The van der Waals surface area contributed by atoms with E-state index in [0.717, 1.165) is 43.7 Å². The minimum absolute atomic E-state index is 0.215. The summed E-state index contributed by atoms with van der Waals surface area (Å²) in [6.07, 6.45) is 0.822. The van der Waals surface area contributed by atoms with Crippen LogP contribution in [0, 0.1) is 11.6 Å². The zero-order valence-electron chi connectivity index (χ0n) is 8.97. The summed E-state index contributed by atoms with van der Waals surface area (Å²) >= 11 is 0. The van der Waals surface area contributed by atoms with Crippen LogP contribution >= 0.6 is 0 Å². The zero-order chi connectivity index (χ0) is 11.1. The van der Waals surface area contributed by atoms with Crippen molar-refractivity contribution >= 4 is 0 Å². The van der Waals surface area contributed by atoms with Gasteiger partial charge < -0.3 is 5.32 Å². The van der Waals surface area contributed by atoms with Crippen molar-refractivity contribution in [2.75, 3.05) is 26.2 Å². The first-order chi connectivity index (χ1) is 7.75.